The molecule has 3 aromatic rings. The minimum Gasteiger partial charge on any atom is -0.355 e. The Kier molecular flexibility index (Phi) is 4.57. The summed E-state index contributed by atoms with van der Waals surface area (Å²) in [5.74, 6) is 0. The van der Waals surface area contributed by atoms with E-state index in [-0.39, 0.29) is 5.69 Å². The average Bonchev–Trinajstić information content (AvgIpc) is 2.62. The van der Waals surface area contributed by atoms with Crippen LogP contribution in [0.15, 0.2) is 66.9 Å². The molecule has 5 nitrogen and oxygen atoms in total. The van der Waals surface area contributed by atoms with Gasteiger partial charge in [-0.1, -0.05) is 6.07 Å². The lowest BCUT2D eigenvalue weighted by Crippen LogP contribution is -2.04. The third kappa shape index (κ3) is 3.80. The molecule has 0 aliphatic carbocycles. The zero-order valence-corrected chi connectivity index (χ0v) is 13.2. The number of non-ortho nitro benzene ring substituents is 1. The fourth-order valence-corrected chi connectivity index (χ4v) is 2.39. The van der Waals surface area contributed by atoms with Crippen molar-refractivity contribution in [3.63, 3.8) is 0 Å². The molecule has 1 aromatic heterocycles. The number of nitro groups is 1. The van der Waals surface area contributed by atoms with Crippen molar-refractivity contribution in [3.05, 3.63) is 82.5 Å². The number of rotatable bonds is 4. The van der Waals surface area contributed by atoms with Crippen LogP contribution in [-0.2, 0) is 6.18 Å². The van der Waals surface area contributed by atoms with Gasteiger partial charge in [0.15, 0.2) is 0 Å². The van der Waals surface area contributed by atoms with E-state index in [0.717, 1.165) is 12.1 Å². The van der Waals surface area contributed by atoms with Crippen LogP contribution in [0.5, 0.6) is 0 Å². The van der Waals surface area contributed by atoms with Gasteiger partial charge >= 0.3 is 6.18 Å². The molecule has 0 spiro atoms. The number of halogens is 3. The lowest BCUT2D eigenvalue weighted by molar-refractivity contribution is -0.384. The number of benzene rings is 2. The average molecular weight is 359 g/mol. The van der Waals surface area contributed by atoms with Crippen molar-refractivity contribution in [3.8, 4) is 11.3 Å². The number of hydrogen-bond donors (Lipinski definition) is 1. The molecule has 0 atom stereocenters. The molecule has 0 aliphatic heterocycles. The monoisotopic (exact) mass is 359 g/mol. The second kappa shape index (κ2) is 6.83. The molecule has 0 amide bonds. The number of aromatic nitrogens is 1. The van der Waals surface area contributed by atoms with Gasteiger partial charge in [-0.2, -0.15) is 13.2 Å². The Morgan fingerprint density at radius 2 is 1.73 bits per heavy atom. The molecule has 26 heavy (non-hydrogen) atoms. The summed E-state index contributed by atoms with van der Waals surface area (Å²) in [4.78, 5) is 14.7. The smallest absolute Gasteiger partial charge is 0.355 e. The molecule has 2 aromatic carbocycles. The van der Waals surface area contributed by atoms with Crippen molar-refractivity contribution in [1.29, 1.82) is 0 Å². The van der Waals surface area contributed by atoms with E-state index in [0.29, 0.717) is 22.6 Å². The quantitative estimate of drug-likeness (QED) is 0.499. The van der Waals surface area contributed by atoms with Crippen LogP contribution < -0.4 is 5.32 Å². The Balaban J connectivity index is 1.99. The molecule has 8 heteroatoms. The van der Waals surface area contributed by atoms with E-state index in [1.807, 2.05) is 0 Å². The topological polar surface area (TPSA) is 68.1 Å². The van der Waals surface area contributed by atoms with Crippen molar-refractivity contribution in [2.24, 2.45) is 0 Å². The summed E-state index contributed by atoms with van der Waals surface area (Å²) in [6.45, 7) is 0. The maximum Gasteiger partial charge on any atom is 0.416 e. The molecular weight excluding hydrogens is 347 g/mol. The number of nitrogens with one attached hydrogen (secondary N) is 1. The molecule has 0 radical (unpaired) electrons. The fraction of sp³-hybridized carbons (Fsp3) is 0.0556. The summed E-state index contributed by atoms with van der Waals surface area (Å²) < 4.78 is 38.0. The minimum absolute atomic E-state index is 0.140. The van der Waals surface area contributed by atoms with Crippen LogP contribution in [0.4, 0.5) is 30.2 Å². The molecule has 132 valence electrons. The lowest BCUT2D eigenvalue weighted by Gasteiger charge is -2.13. The highest BCUT2D eigenvalue weighted by molar-refractivity contribution is 5.81. The SMILES string of the molecule is O=[N+]([O-])c1ccc(-c2ccccn2)c(Nc2ccc(C(F)(F)F)cc2)c1. The van der Waals surface area contributed by atoms with Crippen LogP contribution in [-0.4, -0.2) is 9.91 Å². The maximum atomic E-state index is 12.7. The Morgan fingerprint density at radius 1 is 1.00 bits per heavy atom. The molecule has 0 saturated heterocycles. The highest BCUT2D eigenvalue weighted by atomic mass is 19.4. The third-order valence-electron chi connectivity index (χ3n) is 3.65. The molecule has 0 aliphatic rings. The van der Waals surface area contributed by atoms with E-state index >= 15 is 0 Å². The second-order valence-corrected chi connectivity index (χ2v) is 5.40. The predicted octanol–water partition coefficient (Wildman–Crippen LogP) is 5.42. The van der Waals surface area contributed by atoms with E-state index < -0.39 is 16.7 Å². The van der Waals surface area contributed by atoms with Crippen molar-refractivity contribution < 1.29 is 18.1 Å². The number of hydrogen-bond acceptors (Lipinski definition) is 4. The standard InChI is InChI=1S/C18H12F3N3O2/c19-18(20,21)12-4-6-13(7-5-12)23-17-11-14(24(25)26)8-9-15(17)16-3-1-2-10-22-16/h1-11,23H. The highest BCUT2D eigenvalue weighted by Gasteiger charge is 2.30. The van der Waals surface area contributed by atoms with E-state index in [1.165, 1.54) is 24.3 Å². The molecule has 3 rings (SSSR count). The van der Waals surface area contributed by atoms with E-state index in [1.54, 1.807) is 30.5 Å². The fourth-order valence-electron chi connectivity index (χ4n) is 2.39. The van der Waals surface area contributed by atoms with E-state index in [4.69, 9.17) is 0 Å². The van der Waals surface area contributed by atoms with Gasteiger partial charge in [0, 0.05) is 29.6 Å². The summed E-state index contributed by atoms with van der Waals surface area (Å²) in [7, 11) is 0. The largest absolute Gasteiger partial charge is 0.416 e. The molecule has 0 unspecified atom stereocenters. The highest BCUT2D eigenvalue weighted by Crippen LogP contribution is 2.34. The molecular formula is C18H12F3N3O2. The first-order valence-electron chi connectivity index (χ1n) is 7.49. The summed E-state index contributed by atoms with van der Waals surface area (Å²) in [6, 6.07) is 13.9. The van der Waals surface area contributed by atoms with Crippen molar-refractivity contribution in [2.75, 3.05) is 5.32 Å². The van der Waals surface area contributed by atoms with Crippen LogP contribution in [0.1, 0.15) is 5.56 Å². The first-order valence-corrected chi connectivity index (χ1v) is 7.49. The normalized spacial score (nSPS) is 11.2. The summed E-state index contributed by atoms with van der Waals surface area (Å²) in [5.41, 5.74) is 1.01. The third-order valence-corrected chi connectivity index (χ3v) is 3.65. The number of pyridine rings is 1. The molecule has 0 saturated carbocycles. The molecule has 0 fully saturated rings. The first-order chi connectivity index (χ1) is 12.3. The molecule has 1 N–H and O–H groups in total. The summed E-state index contributed by atoms with van der Waals surface area (Å²) in [5, 5.41) is 14.0. The minimum atomic E-state index is -4.43. The van der Waals surface area contributed by atoms with Crippen LogP contribution in [0, 0.1) is 10.1 Å². The number of nitro benzene ring substituents is 1. The van der Waals surface area contributed by atoms with Gasteiger partial charge in [0.2, 0.25) is 0 Å². The Hall–Kier alpha value is -3.42. The Bertz CT molecular complexity index is 927. The number of anilines is 2. The Morgan fingerprint density at radius 3 is 2.31 bits per heavy atom. The van der Waals surface area contributed by atoms with Crippen LogP contribution >= 0.6 is 0 Å². The van der Waals surface area contributed by atoms with Gasteiger partial charge in [0.05, 0.1) is 21.9 Å². The van der Waals surface area contributed by atoms with Gasteiger partial charge < -0.3 is 5.32 Å². The first kappa shape index (κ1) is 17.4. The van der Waals surface area contributed by atoms with Crippen molar-refractivity contribution >= 4 is 17.1 Å². The lowest BCUT2D eigenvalue weighted by atomic mass is 10.1. The Labute approximate surface area is 146 Å². The van der Waals surface area contributed by atoms with Gasteiger partial charge in [0.25, 0.3) is 5.69 Å². The van der Waals surface area contributed by atoms with Crippen LogP contribution in [0.25, 0.3) is 11.3 Å². The van der Waals surface area contributed by atoms with Gasteiger partial charge in [-0.3, -0.25) is 15.1 Å². The van der Waals surface area contributed by atoms with E-state index in [2.05, 4.69) is 10.3 Å². The predicted molar refractivity (Wildman–Crippen MR) is 91.1 cm³/mol. The van der Waals surface area contributed by atoms with Gasteiger partial charge in [-0.15, -0.1) is 0 Å². The zero-order chi connectivity index (χ0) is 18.7. The molecule has 1 heterocycles. The summed E-state index contributed by atoms with van der Waals surface area (Å²) >= 11 is 0. The number of nitrogens with zero attached hydrogens (tertiary/aromatic N) is 2. The van der Waals surface area contributed by atoms with Gasteiger partial charge in [-0.05, 0) is 42.5 Å². The van der Waals surface area contributed by atoms with Gasteiger partial charge in [-0.25, -0.2) is 0 Å². The van der Waals surface area contributed by atoms with Crippen molar-refractivity contribution in [2.45, 2.75) is 6.18 Å². The molecule has 0 bridgehead atoms. The second-order valence-electron chi connectivity index (χ2n) is 5.40. The zero-order valence-electron chi connectivity index (χ0n) is 13.2. The van der Waals surface area contributed by atoms with Crippen LogP contribution in [0.3, 0.4) is 0 Å². The number of alkyl halides is 3. The summed E-state index contributed by atoms with van der Waals surface area (Å²) in [6.07, 6.45) is -2.85. The van der Waals surface area contributed by atoms with Crippen molar-refractivity contribution in [1.82, 2.24) is 4.98 Å². The maximum absolute atomic E-state index is 12.7. The van der Waals surface area contributed by atoms with E-state index in [9.17, 15) is 23.3 Å². The van der Waals surface area contributed by atoms with Gasteiger partial charge in [0.1, 0.15) is 0 Å². The van der Waals surface area contributed by atoms with Crippen LogP contribution in [0.2, 0.25) is 0 Å².